The van der Waals surface area contributed by atoms with Crippen molar-refractivity contribution in [2.75, 3.05) is 24.8 Å². The second-order valence-electron chi connectivity index (χ2n) is 2.72. The normalized spacial score (nSPS) is 9.86. The minimum absolute atomic E-state index is 0.0164. The lowest BCUT2D eigenvalue weighted by molar-refractivity contribution is -0.119. The lowest BCUT2D eigenvalue weighted by Crippen LogP contribution is -2.17. The molecule has 0 aliphatic carbocycles. The van der Waals surface area contributed by atoms with Gasteiger partial charge in [-0.2, -0.15) is 0 Å². The summed E-state index contributed by atoms with van der Waals surface area (Å²) in [6, 6.07) is 4.89. The first-order chi connectivity index (χ1) is 6.63. The molecule has 0 radical (unpaired) electrons. The third-order valence-electron chi connectivity index (χ3n) is 1.56. The molecule has 0 atom stereocenters. The van der Waals surface area contributed by atoms with Gasteiger partial charge in [-0.1, -0.05) is 11.6 Å². The number of benzene rings is 1. The van der Waals surface area contributed by atoms with Gasteiger partial charge in [-0.15, -0.1) is 0 Å². The molecule has 1 aromatic carbocycles. The number of amides is 1. The lowest BCUT2D eigenvalue weighted by atomic mass is 10.3. The van der Waals surface area contributed by atoms with Gasteiger partial charge in [0, 0.05) is 12.8 Å². The fourth-order valence-electron chi connectivity index (χ4n) is 0.950. The molecular weight excluding hydrogens is 204 g/mol. The third kappa shape index (κ3) is 2.90. The van der Waals surface area contributed by atoms with Crippen LogP contribution in [-0.2, 0) is 9.53 Å². The van der Waals surface area contributed by atoms with Crippen LogP contribution in [-0.4, -0.2) is 19.6 Å². The van der Waals surface area contributed by atoms with E-state index in [0.717, 1.165) is 0 Å². The number of nitrogens with one attached hydrogen (secondary N) is 1. The first-order valence-electron chi connectivity index (χ1n) is 3.97. The summed E-state index contributed by atoms with van der Waals surface area (Å²) in [5.41, 5.74) is 6.59. The van der Waals surface area contributed by atoms with Crippen LogP contribution in [0.1, 0.15) is 0 Å². The van der Waals surface area contributed by atoms with Crippen LogP contribution in [0.5, 0.6) is 0 Å². The van der Waals surface area contributed by atoms with Gasteiger partial charge in [0.1, 0.15) is 6.61 Å². The Balaban J connectivity index is 2.68. The molecule has 0 spiro atoms. The SMILES string of the molecule is COCC(=O)Nc1ccc(Cl)c(N)c1. The molecule has 0 saturated carbocycles. The monoisotopic (exact) mass is 214 g/mol. The zero-order valence-corrected chi connectivity index (χ0v) is 8.47. The molecule has 1 rings (SSSR count). The molecule has 1 amide bonds. The molecule has 4 nitrogen and oxygen atoms in total. The van der Waals surface area contributed by atoms with Gasteiger partial charge in [0.25, 0.3) is 0 Å². The Morgan fingerprint density at radius 3 is 2.93 bits per heavy atom. The summed E-state index contributed by atoms with van der Waals surface area (Å²) in [4.78, 5) is 11.1. The Morgan fingerprint density at radius 2 is 2.36 bits per heavy atom. The van der Waals surface area contributed by atoms with E-state index in [1.807, 2.05) is 0 Å². The van der Waals surface area contributed by atoms with Gasteiger partial charge in [0.05, 0.1) is 10.7 Å². The Bertz CT molecular complexity index is 342. The molecule has 0 aromatic heterocycles. The van der Waals surface area contributed by atoms with Crippen molar-refractivity contribution in [1.29, 1.82) is 0 Å². The number of rotatable bonds is 3. The average molecular weight is 215 g/mol. The van der Waals surface area contributed by atoms with E-state index >= 15 is 0 Å². The summed E-state index contributed by atoms with van der Waals surface area (Å²) in [7, 11) is 1.45. The van der Waals surface area contributed by atoms with Crippen molar-refractivity contribution < 1.29 is 9.53 Å². The van der Waals surface area contributed by atoms with Crippen molar-refractivity contribution in [3.63, 3.8) is 0 Å². The van der Waals surface area contributed by atoms with E-state index in [1.54, 1.807) is 18.2 Å². The number of ether oxygens (including phenoxy) is 1. The number of hydrogen-bond donors (Lipinski definition) is 2. The molecule has 76 valence electrons. The number of hydrogen-bond acceptors (Lipinski definition) is 3. The maximum atomic E-state index is 11.1. The molecule has 5 heteroatoms. The number of carbonyl (C=O) groups excluding carboxylic acids is 1. The summed E-state index contributed by atoms with van der Waals surface area (Å²) in [6.45, 7) is 0.0164. The fourth-order valence-corrected chi connectivity index (χ4v) is 1.07. The van der Waals surface area contributed by atoms with Gasteiger partial charge in [0.2, 0.25) is 5.91 Å². The summed E-state index contributed by atoms with van der Waals surface area (Å²) in [5, 5.41) is 3.08. The van der Waals surface area contributed by atoms with Gasteiger partial charge in [-0.3, -0.25) is 4.79 Å². The van der Waals surface area contributed by atoms with E-state index < -0.39 is 0 Å². The summed E-state index contributed by atoms with van der Waals surface area (Å²) in [6.07, 6.45) is 0. The van der Waals surface area contributed by atoms with Crippen molar-refractivity contribution in [3.05, 3.63) is 23.2 Å². The summed E-state index contributed by atoms with van der Waals surface area (Å²) in [5.74, 6) is -0.228. The summed E-state index contributed by atoms with van der Waals surface area (Å²) >= 11 is 5.72. The molecule has 0 saturated heterocycles. The molecule has 0 heterocycles. The Kier molecular flexibility index (Phi) is 3.73. The van der Waals surface area contributed by atoms with E-state index in [4.69, 9.17) is 17.3 Å². The van der Waals surface area contributed by atoms with Gasteiger partial charge >= 0.3 is 0 Å². The van der Waals surface area contributed by atoms with Gasteiger partial charge in [-0.05, 0) is 18.2 Å². The van der Waals surface area contributed by atoms with Crippen LogP contribution in [0.4, 0.5) is 11.4 Å². The van der Waals surface area contributed by atoms with Crippen LogP contribution < -0.4 is 11.1 Å². The van der Waals surface area contributed by atoms with Crippen LogP contribution in [0.2, 0.25) is 5.02 Å². The topological polar surface area (TPSA) is 64.3 Å². The molecule has 0 fully saturated rings. The van der Waals surface area contributed by atoms with Gasteiger partial charge < -0.3 is 15.8 Å². The van der Waals surface area contributed by atoms with Crippen LogP contribution in [0.15, 0.2) is 18.2 Å². The smallest absolute Gasteiger partial charge is 0.250 e. The third-order valence-corrected chi connectivity index (χ3v) is 1.90. The quantitative estimate of drug-likeness (QED) is 0.750. The van der Waals surface area contributed by atoms with Crippen LogP contribution >= 0.6 is 11.6 Å². The zero-order valence-electron chi connectivity index (χ0n) is 7.71. The average Bonchev–Trinajstić information content (AvgIpc) is 2.12. The Labute approximate surface area is 87.0 Å². The van der Waals surface area contributed by atoms with E-state index in [0.29, 0.717) is 16.4 Å². The van der Waals surface area contributed by atoms with Crippen LogP contribution in [0.3, 0.4) is 0 Å². The highest BCUT2D eigenvalue weighted by atomic mass is 35.5. The van der Waals surface area contributed by atoms with E-state index in [1.165, 1.54) is 7.11 Å². The van der Waals surface area contributed by atoms with Crippen molar-refractivity contribution in [1.82, 2.24) is 0 Å². The first-order valence-corrected chi connectivity index (χ1v) is 4.35. The number of nitrogens with two attached hydrogens (primary N) is 1. The number of anilines is 2. The maximum Gasteiger partial charge on any atom is 0.250 e. The number of nitrogen functional groups attached to an aromatic ring is 1. The second kappa shape index (κ2) is 4.83. The van der Waals surface area contributed by atoms with Crippen molar-refractivity contribution >= 4 is 28.9 Å². The standard InChI is InChI=1S/C9H11ClN2O2/c1-14-5-9(13)12-6-2-3-7(10)8(11)4-6/h2-4H,5,11H2,1H3,(H,12,13). The Morgan fingerprint density at radius 1 is 1.64 bits per heavy atom. The predicted molar refractivity (Wildman–Crippen MR) is 56.4 cm³/mol. The van der Waals surface area contributed by atoms with Crippen molar-refractivity contribution in [2.45, 2.75) is 0 Å². The highest BCUT2D eigenvalue weighted by Gasteiger charge is 2.02. The molecule has 0 bridgehead atoms. The largest absolute Gasteiger partial charge is 0.397 e. The van der Waals surface area contributed by atoms with E-state index in [2.05, 4.69) is 10.1 Å². The Hall–Kier alpha value is -1.26. The number of halogens is 1. The molecule has 3 N–H and O–H groups in total. The second-order valence-corrected chi connectivity index (χ2v) is 3.12. The highest BCUT2D eigenvalue weighted by molar-refractivity contribution is 6.33. The molecule has 14 heavy (non-hydrogen) atoms. The zero-order chi connectivity index (χ0) is 10.6. The van der Waals surface area contributed by atoms with Crippen LogP contribution in [0, 0.1) is 0 Å². The molecule has 0 unspecified atom stereocenters. The number of carbonyl (C=O) groups is 1. The van der Waals surface area contributed by atoms with Gasteiger partial charge in [0.15, 0.2) is 0 Å². The number of methoxy groups -OCH3 is 1. The van der Waals surface area contributed by atoms with E-state index in [9.17, 15) is 4.79 Å². The minimum atomic E-state index is -0.228. The fraction of sp³-hybridized carbons (Fsp3) is 0.222. The highest BCUT2D eigenvalue weighted by Crippen LogP contribution is 2.22. The maximum absolute atomic E-state index is 11.1. The molecule has 0 aliphatic heterocycles. The molecule has 1 aromatic rings. The lowest BCUT2D eigenvalue weighted by Gasteiger charge is -2.05. The molecule has 0 aliphatic rings. The van der Waals surface area contributed by atoms with Gasteiger partial charge in [-0.25, -0.2) is 0 Å². The van der Waals surface area contributed by atoms with E-state index in [-0.39, 0.29) is 12.5 Å². The minimum Gasteiger partial charge on any atom is -0.397 e. The molecular formula is C9H11ClN2O2. The van der Waals surface area contributed by atoms with Crippen molar-refractivity contribution in [2.24, 2.45) is 0 Å². The van der Waals surface area contributed by atoms with Crippen molar-refractivity contribution in [3.8, 4) is 0 Å². The van der Waals surface area contributed by atoms with Crippen LogP contribution in [0.25, 0.3) is 0 Å². The summed E-state index contributed by atoms with van der Waals surface area (Å²) < 4.78 is 4.66. The first kappa shape index (κ1) is 10.8. The predicted octanol–water partition coefficient (Wildman–Crippen LogP) is 1.51.